The molecule has 21 heavy (non-hydrogen) atoms. The molecule has 0 bridgehead atoms. The number of nitrogens with zero attached hydrogens (tertiary/aromatic N) is 1. The van der Waals surface area contributed by atoms with Gasteiger partial charge >= 0.3 is 0 Å². The van der Waals surface area contributed by atoms with Crippen LogP contribution in [0.3, 0.4) is 0 Å². The molecule has 0 saturated carbocycles. The van der Waals surface area contributed by atoms with Crippen molar-refractivity contribution in [3.05, 3.63) is 47.7 Å². The van der Waals surface area contributed by atoms with Crippen LogP contribution in [-0.4, -0.2) is 28.1 Å². The van der Waals surface area contributed by atoms with E-state index in [1.54, 1.807) is 6.07 Å². The highest BCUT2D eigenvalue weighted by Crippen LogP contribution is 2.25. The van der Waals surface area contributed by atoms with Crippen molar-refractivity contribution >= 4 is 37.1 Å². The fourth-order valence-electron chi connectivity index (χ4n) is 1.57. The highest BCUT2D eigenvalue weighted by Gasteiger charge is 2.20. The summed E-state index contributed by atoms with van der Waals surface area (Å²) in [6.07, 6.45) is 3.80. The quantitative estimate of drug-likeness (QED) is 0.913. The van der Waals surface area contributed by atoms with E-state index in [9.17, 15) is 16.8 Å². The van der Waals surface area contributed by atoms with Crippen LogP contribution < -0.4 is 4.72 Å². The minimum Gasteiger partial charge on any atom is -0.278 e. The predicted octanol–water partition coefficient (Wildman–Crippen LogP) is 1.94. The van der Waals surface area contributed by atoms with Crippen LogP contribution in [0, 0.1) is 0 Å². The Balaban J connectivity index is 2.47. The van der Waals surface area contributed by atoms with E-state index in [1.807, 2.05) is 0 Å². The molecule has 0 radical (unpaired) electrons. The van der Waals surface area contributed by atoms with Crippen molar-refractivity contribution in [3.63, 3.8) is 0 Å². The van der Waals surface area contributed by atoms with E-state index in [0.717, 1.165) is 12.3 Å². The Bertz CT molecular complexity index is 865. The van der Waals surface area contributed by atoms with Gasteiger partial charge in [0.1, 0.15) is 0 Å². The molecule has 1 N–H and O–H groups in total. The van der Waals surface area contributed by atoms with Gasteiger partial charge < -0.3 is 0 Å². The fourth-order valence-corrected chi connectivity index (χ4v) is 4.02. The van der Waals surface area contributed by atoms with E-state index in [4.69, 9.17) is 11.6 Å². The molecule has 0 atom stereocenters. The average Bonchev–Trinajstić information content (AvgIpc) is 2.38. The van der Waals surface area contributed by atoms with Crippen molar-refractivity contribution in [1.82, 2.24) is 4.98 Å². The van der Waals surface area contributed by atoms with Crippen molar-refractivity contribution < 1.29 is 16.8 Å². The summed E-state index contributed by atoms with van der Waals surface area (Å²) < 4.78 is 49.9. The maximum atomic E-state index is 12.2. The molecule has 0 aliphatic rings. The van der Waals surface area contributed by atoms with Crippen molar-refractivity contribution in [2.45, 2.75) is 9.79 Å². The van der Waals surface area contributed by atoms with Gasteiger partial charge in [-0.3, -0.25) is 9.71 Å². The lowest BCUT2D eigenvalue weighted by molar-refractivity contribution is 0.599. The minimum atomic E-state index is -3.93. The molecule has 2 aromatic rings. The molecule has 1 heterocycles. The number of pyridine rings is 1. The zero-order chi connectivity index (χ0) is 15.7. The fraction of sp³-hybridized carbons (Fsp3) is 0.0833. The summed E-state index contributed by atoms with van der Waals surface area (Å²) in [5.74, 6) is 0. The van der Waals surface area contributed by atoms with Gasteiger partial charge in [-0.05, 0) is 30.3 Å². The molecule has 6 nitrogen and oxygen atoms in total. The topological polar surface area (TPSA) is 93.2 Å². The zero-order valence-corrected chi connectivity index (χ0v) is 13.2. The maximum Gasteiger partial charge on any atom is 0.261 e. The lowest BCUT2D eigenvalue weighted by Crippen LogP contribution is -2.14. The molecule has 0 aliphatic carbocycles. The Labute approximate surface area is 127 Å². The van der Waals surface area contributed by atoms with E-state index in [0.29, 0.717) is 0 Å². The Morgan fingerprint density at radius 3 is 2.43 bits per heavy atom. The monoisotopic (exact) mass is 346 g/mol. The number of halogens is 1. The lowest BCUT2D eigenvalue weighted by atomic mass is 10.4. The van der Waals surface area contributed by atoms with Gasteiger partial charge in [-0.15, -0.1) is 0 Å². The number of sulfonamides is 1. The average molecular weight is 347 g/mol. The van der Waals surface area contributed by atoms with E-state index < -0.39 is 19.9 Å². The first kappa shape index (κ1) is 15.7. The Kier molecular flexibility index (Phi) is 4.22. The molecule has 0 spiro atoms. The first-order valence-corrected chi connectivity index (χ1v) is 9.38. The molecule has 0 amide bonds. The summed E-state index contributed by atoms with van der Waals surface area (Å²) in [5, 5.41) is -0.0298. The third-order valence-corrected chi connectivity index (χ3v) is 5.48. The Hall–Kier alpha value is -1.64. The zero-order valence-electron chi connectivity index (χ0n) is 10.8. The summed E-state index contributed by atoms with van der Waals surface area (Å²) >= 11 is 5.79. The molecule has 2 rings (SSSR count). The van der Waals surface area contributed by atoms with Gasteiger partial charge in [-0.25, -0.2) is 16.8 Å². The van der Waals surface area contributed by atoms with E-state index in [1.165, 1.54) is 30.6 Å². The normalized spacial score (nSPS) is 12.1. The number of nitrogens with one attached hydrogen (secondary N) is 1. The van der Waals surface area contributed by atoms with Crippen LogP contribution in [-0.2, 0) is 19.9 Å². The second-order valence-electron chi connectivity index (χ2n) is 4.21. The maximum absolute atomic E-state index is 12.2. The number of aromatic nitrogens is 1. The molecular weight excluding hydrogens is 336 g/mol. The van der Waals surface area contributed by atoms with Crippen molar-refractivity contribution in [2.75, 3.05) is 11.0 Å². The minimum absolute atomic E-state index is 0.0298. The molecule has 0 aliphatic heterocycles. The van der Waals surface area contributed by atoms with E-state index in [-0.39, 0.29) is 20.5 Å². The second-order valence-corrected chi connectivity index (χ2v) is 8.29. The number of hydrogen-bond donors (Lipinski definition) is 1. The first-order chi connectivity index (χ1) is 9.70. The smallest absolute Gasteiger partial charge is 0.261 e. The Morgan fingerprint density at radius 2 is 1.86 bits per heavy atom. The van der Waals surface area contributed by atoms with Gasteiger partial charge in [-0.2, -0.15) is 0 Å². The highest BCUT2D eigenvalue weighted by atomic mass is 35.5. The molecule has 1 aromatic heterocycles. The number of rotatable bonds is 4. The first-order valence-electron chi connectivity index (χ1n) is 5.62. The van der Waals surface area contributed by atoms with Gasteiger partial charge in [0.2, 0.25) is 0 Å². The molecule has 0 saturated heterocycles. The van der Waals surface area contributed by atoms with Gasteiger partial charge in [0.15, 0.2) is 9.84 Å². The number of hydrogen-bond acceptors (Lipinski definition) is 5. The molecule has 112 valence electrons. The standard InChI is InChI=1S/C12H11ClN2O4S2/c1-20(16,17)12-7-10(4-5-11(12)13)21(18,19)15-9-3-2-6-14-8-9/h2-8,15H,1H3. The van der Waals surface area contributed by atoms with Gasteiger partial charge in [-0.1, -0.05) is 11.6 Å². The largest absolute Gasteiger partial charge is 0.278 e. The molecular formula is C12H11ClN2O4S2. The third-order valence-electron chi connectivity index (χ3n) is 2.53. The number of sulfone groups is 1. The summed E-state index contributed by atoms with van der Waals surface area (Å²) in [7, 11) is -7.55. The van der Waals surface area contributed by atoms with Crippen LogP contribution in [0.25, 0.3) is 0 Å². The predicted molar refractivity (Wildman–Crippen MR) is 79.6 cm³/mol. The number of anilines is 1. The van der Waals surface area contributed by atoms with E-state index in [2.05, 4.69) is 9.71 Å². The van der Waals surface area contributed by atoms with Crippen LogP contribution in [0.5, 0.6) is 0 Å². The van der Waals surface area contributed by atoms with Gasteiger partial charge in [0.25, 0.3) is 10.0 Å². The van der Waals surface area contributed by atoms with Gasteiger partial charge in [0.05, 0.1) is 26.7 Å². The summed E-state index contributed by atoms with van der Waals surface area (Å²) in [6.45, 7) is 0. The van der Waals surface area contributed by atoms with E-state index >= 15 is 0 Å². The third kappa shape index (κ3) is 3.72. The SMILES string of the molecule is CS(=O)(=O)c1cc(S(=O)(=O)Nc2cccnc2)ccc1Cl. The second kappa shape index (κ2) is 5.63. The molecule has 9 heteroatoms. The van der Waals surface area contributed by atoms with Crippen molar-refractivity contribution in [2.24, 2.45) is 0 Å². The van der Waals surface area contributed by atoms with Crippen molar-refractivity contribution in [1.29, 1.82) is 0 Å². The number of benzene rings is 1. The van der Waals surface area contributed by atoms with Crippen LogP contribution in [0.15, 0.2) is 52.5 Å². The molecule has 0 fully saturated rings. The van der Waals surface area contributed by atoms with Crippen LogP contribution in [0.4, 0.5) is 5.69 Å². The Morgan fingerprint density at radius 1 is 1.14 bits per heavy atom. The van der Waals surface area contributed by atoms with Crippen LogP contribution in [0.1, 0.15) is 0 Å². The van der Waals surface area contributed by atoms with Gasteiger partial charge in [0, 0.05) is 12.5 Å². The molecule has 1 aromatic carbocycles. The highest BCUT2D eigenvalue weighted by molar-refractivity contribution is 7.93. The summed E-state index contributed by atoms with van der Waals surface area (Å²) in [5.41, 5.74) is 0.272. The summed E-state index contributed by atoms with van der Waals surface area (Å²) in [4.78, 5) is 3.35. The lowest BCUT2D eigenvalue weighted by Gasteiger charge is -2.09. The van der Waals surface area contributed by atoms with Crippen molar-refractivity contribution in [3.8, 4) is 0 Å². The molecule has 0 unspecified atom stereocenters. The summed E-state index contributed by atoms with van der Waals surface area (Å²) in [6, 6.07) is 6.58. The van der Waals surface area contributed by atoms with Crippen LogP contribution >= 0.6 is 11.6 Å². The van der Waals surface area contributed by atoms with Crippen LogP contribution in [0.2, 0.25) is 5.02 Å².